The van der Waals surface area contributed by atoms with Crippen LogP contribution in [-0.2, 0) is 4.79 Å². The van der Waals surface area contributed by atoms with Crippen LogP contribution in [-0.4, -0.2) is 47.9 Å². The Labute approximate surface area is 131 Å². The molecule has 0 spiro atoms. The lowest BCUT2D eigenvalue weighted by Gasteiger charge is -2.33. The summed E-state index contributed by atoms with van der Waals surface area (Å²) in [5.41, 5.74) is 0. The highest BCUT2D eigenvalue weighted by atomic mass is 16.3. The predicted molar refractivity (Wildman–Crippen MR) is 85.3 cm³/mol. The lowest BCUT2D eigenvalue weighted by molar-refractivity contribution is -0.125. The van der Waals surface area contributed by atoms with Crippen molar-refractivity contribution in [2.24, 2.45) is 11.8 Å². The zero-order valence-electron chi connectivity index (χ0n) is 13.2. The maximum atomic E-state index is 12.4. The van der Waals surface area contributed by atoms with E-state index in [1.165, 1.54) is 32.4 Å². The third kappa shape index (κ3) is 2.50. The van der Waals surface area contributed by atoms with Gasteiger partial charge in [0.2, 0.25) is 5.91 Å². The summed E-state index contributed by atoms with van der Waals surface area (Å²) in [6.07, 6.45) is 7.49. The van der Waals surface area contributed by atoms with Gasteiger partial charge in [-0.25, -0.2) is 0 Å². The molecule has 0 unspecified atom stereocenters. The average molecular weight is 300 g/mol. The summed E-state index contributed by atoms with van der Waals surface area (Å²) < 4.78 is 5.48. The fourth-order valence-corrected chi connectivity index (χ4v) is 4.54. The van der Waals surface area contributed by atoms with Crippen LogP contribution in [0, 0.1) is 18.8 Å². The smallest absolute Gasteiger partial charge is 0.246 e. The number of hydrogen-bond acceptors (Lipinski definition) is 3. The molecule has 0 aromatic carbocycles. The predicted octanol–water partition coefficient (Wildman–Crippen LogP) is 2.54. The lowest BCUT2D eigenvalue weighted by Crippen LogP contribution is -2.40. The Kier molecular flexibility index (Phi) is 3.57. The van der Waals surface area contributed by atoms with E-state index in [1.54, 1.807) is 12.2 Å². The maximum absolute atomic E-state index is 12.4. The van der Waals surface area contributed by atoms with Crippen molar-refractivity contribution in [3.63, 3.8) is 0 Å². The van der Waals surface area contributed by atoms with Gasteiger partial charge in [-0.2, -0.15) is 0 Å². The van der Waals surface area contributed by atoms with Gasteiger partial charge in [0, 0.05) is 31.8 Å². The zero-order chi connectivity index (χ0) is 15.1. The van der Waals surface area contributed by atoms with Crippen LogP contribution in [0.15, 0.2) is 22.6 Å². The summed E-state index contributed by atoms with van der Waals surface area (Å²) in [4.78, 5) is 17.1. The highest BCUT2D eigenvalue weighted by Crippen LogP contribution is 2.40. The number of amides is 1. The maximum Gasteiger partial charge on any atom is 0.246 e. The summed E-state index contributed by atoms with van der Waals surface area (Å²) in [6, 6.07) is 4.55. The SMILES string of the molecule is Cc1ccc(/C=C\C(=O)N2C[C@@H]3CN4CCCC[C@@H]4[C@H]3C2)o1. The van der Waals surface area contributed by atoms with Gasteiger partial charge in [0.1, 0.15) is 11.5 Å². The van der Waals surface area contributed by atoms with E-state index in [0.717, 1.165) is 30.7 Å². The molecule has 22 heavy (non-hydrogen) atoms. The molecule has 1 aromatic heterocycles. The minimum atomic E-state index is 0.130. The molecule has 4 heteroatoms. The highest BCUT2D eigenvalue weighted by Gasteiger charge is 2.47. The van der Waals surface area contributed by atoms with Crippen LogP contribution in [0.4, 0.5) is 0 Å². The number of aryl methyl sites for hydroxylation is 1. The van der Waals surface area contributed by atoms with E-state index in [-0.39, 0.29) is 5.91 Å². The average Bonchev–Trinajstić information content (AvgIpc) is 3.18. The number of fused-ring (bicyclic) bond motifs is 3. The first-order valence-electron chi connectivity index (χ1n) is 8.48. The van der Waals surface area contributed by atoms with Gasteiger partial charge in [0.25, 0.3) is 0 Å². The van der Waals surface area contributed by atoms with Crippen molar-refractivity contribution in [1.29, 1.82) is 0 Å². The highest BCUT2D eigenvalue weighted by molar-refractivity contribution is 5.91. The molecule has 4 nitrogen and oxygen atoms in total. The summed E-state index contributed by atoms with van der Waals surface area (Å²) in [5.74, 6) is 3.14. The normalized spacial score (nSPS) is 31.7. The van der Waals surface area contributed by atoms with Crippen molar-refractivity contribution >= 4 is 12.0 Å². The fraction of sp³-hybridized carbons (Fsp3) is 0.611. The lowest BCUT2D eigenvalue weighted by atomic mass is 9.90. The fourth-order valence-electron chi connectivity index (χ4n) is 4.54. The van der Waals surface area contributed by atoms with Crippen LogP contribution in [0.1, 0.15) is 30.8 Å². The number of rotatable bonds is 2. The quantitative estimate of drug-likeness (QED) is 0.788. The molecule has 0 bridgehead atoms. The van der Waals surface area contributed by atoms with Gasteiger partial charge in [-0.05, 0) is 56.4 Å². The summed E-state index contributed by atoms with van der Waals surface area (Å²) in [5, 5.41) is 0. The monoisotopic (exact) mass is 300 g/mol. The molecule has 0 aliphatic carbocycles. The Hall–Kier alpha value is -1.55. The molecule has 1 aromatic rings. The molecule has 3 saturated heterocycles. The molecule has 4 rings (SSSR count). The Balaban J connectivity index is 1.39. The van der Waals surface area contributed by atoms with Crippen molar-refractivity contribution in [2.45, 2.75) is 32.2 Å². The van der Waals surface area contributed by atoms with Gasteiger partial charge in [-0.3, -0.25) is 9.69 Å². The number of nitrogens with zero attached hydrogens (tertiary/aromatic N) is 2. The topological polar surface area (TPSA) is 36.7 Å². The molecule has 0 saturated carbocycles. The molecule has 0 radical (unpaired) electrons. The summed E-state index contributed by atoms with van der Waals surface area (Å²) in [7, 11) is 0. The van der Waals surface area contributed by atoms with Crippen LogP contribution in [0.5, 0.6) is 0 Å². The van der Waals surface area contributed by atoms with E-state index in [0.29, 0.717) is 11.8 Å². The molecular formula is C18H24N2O2. The first-order valence-corrected chi connectivity index (χ1v) is 8.48. The molecule has 4 heterocycles. The van der Waals surface area contributed by atoms with Gasteiger partial charge in [0.05, 0.1) is 0 Å². The van der Waals surface area contributed by atoms with Crippen LogP contribution in [0.25, 0.3) is 6.08 Å². The molecular weight excluding hydrogens is 276 g/mol. The van der Waals surface area contributed by atoms with E-state index < -0.39 is 0 Å². The van der Waals surface area contributed by atoms with Crippen molar-refractivity contribution in [1.82, 2.24) is 9.80 Å². The molecule has 0 N–H and O–H groups in total. The van der Waals surface area contributed by atoms with Gasteiger partial charge in [0.15, 0.2) is 0 Å². The third-order valence-electron chi connectivity index (χ3n) is 5.58. The van der Waals surface area contributed by atoms with Crippen molar-refractivity contribution in [3.8, 4) is 0 Å². The largest absolute Gasteiger partial charge is 0.462 e. The van der Waals surface area contributed by atoms with Crippen molar-refractivity contribution < 1.29 is 9.21 Å². The number of piperidine rings is 1. The number of carbonyl (C=O) groups excluding carboxylic acids is 1. The first kappa shape index (κ1) is 14.1. The van der Waals surface area contributed by atoms with E-state index in [9.17, 15) is 4.79 Å². The molecule has 3 aliphatic rings. The van der Waals surface area contributed by atoms with E-state index in [1.807, 2.05) is 24.0 Å². The summed E-state index contributed by atoms with van der Waals surface area (Å²) in [6.45, 7) is 6.24. The van der Waals surface area contributed by atoms with Gasteiger partial charge >= 0.3 is 0 Å². The molecule has 3 atom stereocenters. The Bertz CT molecular complexity index is 592. The molecule has 3 fully saturated rings. The first-order chi connectivity index (χ1) is 10.7. The molecule has 118 valence electrons. The second-order valence-electron chi connectivity index (χ2n) is 7.01. The van der Waals surface area contributed by atoms with Crippen LogP contribution < -0.4 is 0 Å². The van der Waals surface area contributed by atoms with Crippen LogP contribution in [0.3, 0.4) is 0 Å². The van der Waals surface area contributed by atoms with E-state index >= 15 is 0 Å². The van der Waals surface area contributed by atoms with E-state index in [4.69, 9.17) is 4.42 Å². The van der Waals surface area contributed by atoms with Gasteiger partial charge < -0.3 is 9.32 Å². The third-order valence-corrected chi connectivity index (χ3v) is 5.58. The van der Waals surface area contributed by atoms with E-state index in [2.05, 4.69) is 4.90 Å². The van der Waals surface area contributed by atoms with Crippen molar-refractivity contribution in [2.75, 3.05) is 26.2 Å². The number of likely N-dealkylation sites (tertiary alicyclic amines) is 1. The van der Waals surface area contributed by atoms with Gasteiger partial charge in [-0.1, -0.05) is 6.42 Å². The zero-order valence-corrected chi connectivity index (χ0v) is 13.2. The number of hydrogen-bond donors (Lipinski definition) is 0. The Morgan fingerprint density at radius 1 is 1.27 bits per heavy atom. The second kappa shape index (κ2) is 5.58. The number of furan rings is 1. The Morgan fingerprint density at radius 3 is 3.00 bits per heavy atom. The molecule has 3 aliphatic heterocycles. The van der Waals surface area contributed by atoms with Crippen LogP contribution in [0.2, 0.25) is 0 Å². The van der Waals surface area contributed by atoms with Crippen molar-refractivity contribution in [3.05, 3.63) is 29.7 Å². The minimum absolute atomic E-state index is 0.130. The molecule has 1 amide bonds. The van der Waals surface area contributed by atoms with Crippen LogP contribution >= 0.6 is 0 Å². The number of carbonyl (C=O) groups is 1. The minimum Gasteiger partial charge on any atom is -0.462 e. The summed E-state index contributed by atoms with van der Waals surface area (Å²) >= 11 is 0. The second-order valence-corrected chi connectivity index (χ2v) is 7.01. The Morgan fingerprint density at radius 2 is 2.18 bits per heavy atom. The standard InChI is InChI=1S/C18H24N2O2/c1-13-5-6-15(22-13)7-8-18(21)20-11-14-10-19-9-3-2-4-17(19)16(14)12-20/h5-8,14,16-17H,2-4,9-12H2,1H3/b8-7-/t14-,16-,17+/m0/s1. The van der Waals surface area contributed by atoms with Gasteiger partial charge in [-0.15, -0.1) is 0 Å².